The first-order valence-corrected chi connectivity index (χ1v) is 20.6. The predicted molar refractivity (Wildman–Crippen MR) is 203 cm³/mol. The second kappa shape index (κ2) is 13.7. The lowest BCUT2D eigenvalue weighted by Crippen LogP contribution is -2.51. The Labute approximate surface area is 299 Å². The van der Waals surface area contributed by atoms with Crippen molar-refractivity contribution in [1.29, 1.82) is 0 Å². The van der Waals surface area contributed by atoms with Crippen LogP contribution in [0, 0.1) is 5.92 Å². The molecule has 3 heterocycles. The Hall–Kier alpha value is -4.90. The predicted octanol–water partition coefficient (Wildman–Crippen LogP) is 6.51. The number of nitrogens with zero attached hydrogens (tertiary/aromatic N) is 1. The van der Waals surface area contributed by atoms with Crippen molar-refractivity contribution in [3.63, 3.8) is 0 Å². The van der Waals surface area contributed by atoms with E-state index in [1.54, 1.807) is 19.1 Å². The van der Waals surface area contributed by atoms with Crippen LogP contribution in [0.1, 0.15) is 30.0 Å². The Kier molecular flexibility index (Phi) is 9.26. The second-order valence-corrected chi connectivity index (χ2v) is 18.9. The standard InChI is InChI=1S/C41H45N3O6Si/c1-26-39(51(4,5)32-16-13-30(48-2)14-17-32)37(19-20-45)50-41(26)34-23-31(49-3)15-18-36(34)44(40(41)47)25-27-9-8-10-29(21-27)43-38(46)22-28-24-42-35-12-7-6-11-33(28)35/h6-18,21,23-24,26,37,39,42,45H,19-20,22,25H2,1-5H3,(H,43,46)/t26-,37+,39-,41+/m1/s1. The number of carbonyl (C=O) groups excluding carboxylic acids is 2. The molecule has 0 bridgehead atoms. The van der Waals surface area contributed by atoms with E-state index in [0.29, 0.717) is 17.9 Å². The number of amides is 2. The molecule has 1 spiro atoms. The molecule has 1 saturated heterocycles. The zero-order valence-electron chi connectivity index (χ0n) is 29.7. The van der Waals surface area contributed by atoms with Crippen LogP contribution < -0.4 is 24.9 Å². The maximum absolute atomic E-state index is 15.0. The van der Waals surface area contributed by atoms with Gasteiger partial charge in [-0.2, -0.15) is 0 Å². The summed E-state index contributed by atoms with van der Waals surface area (Å²) in [6, 6.07) is 29.6. The number of aromatic nitrogens is 1. The minimum Gasteiger partial charge on any atom is -0.497 e. The van der Waals surface area contributed by atoms with Crippen molar-refractivity contribution in [2.24, 2.45) is 5.92 Å². The molecule has 0 aliphatic carbocycles. The molecule has 5 aromatic rings. The molecule has 1 aromatic heterocycles. The van der Waals surface area contributed by atoms with Gasteiger partial charge in [-0.3, -0.25) is 9.59 Å². The van der Waals surface area contributed by atoms with Crippen molar-refractivity contribution in [3.8, 4) is 11.5 Å². The summed E-state index contributed by atoms with van der Waals surface area (Å²) in [6.07, 6.45) is 2.21. The highest BCUT2D eigenvalue weighted by Crippen LogP contribution is 2.60. The van der Waals surface area contributed by atoms with Gasteiger partial charge in [0.15, 0.2) is 5.60 Å². The minimum absolute atomic E-state index is 0.0247. The highest BCUT2D eigenvalue weighted by molar-refractivity contribution is 6.91. The van der Waals surface area contributed by atoms with E-state index in [2.05, 4.69) is 42.5 Å². The molecule has 3 N–H and O–H groups in total. The van der Waals surface area contributed by atoms with Gasteiger partial charge in [0.2, 0.25) is 5.91 Å². The van der Waals surface area contributed by atoms with Gasteiger partial charge < -0.3 is 34.5 Å². The number of aromatic amines is 1. The summed E-state index contributed by atoms with van der Waals surface area (Å²) in [5, 5.41) is 15.6. The number of para-hydroxylation sites is 1. The van der Waals surface area contributed by atoms with Crippen LogP contribution in [-0.2, 0) is 32.9 Å². The Morgan fingerprint density at radius 1 is 0.980 bits per heavy atom. The molecular weight excluding hydrogens is 659 g/mol. The average Bonchev–Trinajstić information content (AvgIpc) is 3.75. The van der Waals surface area contributed by atoms with E-state index < -0.39 is 13.7 Å². The summed E-state index contributed by atoms with van der Waals surface area (Å²) >= 11 is 0. The number of methoxy groups -OCH3 is 2. The molecule has 7 rings (SSSR count). The number of hydrogen-bond donors (Lipinski definition) is 3. The fourth-order valence-electron chi connectivity index (χ4n) is 8.56. The van der Waals surface area contributed by atoms with Crippen molar-refractivity contribution in [2.75, 3.05) is 31.0 Å². The quantitative estimate of drug-likeness (QED) is 0.135. The van der Waals surface area contributed by atoms with Crippen molar-refractivity contribution in [3.05, 3.63) is 114 Å². The average molecular weight is 704 g/mol. The first kappa shape index (κ1) is 34.5. The first-order valence-electron chi connectivity index (χ1n) is 17.5. The summed E-state index contributed by atoms with van der Waals surface area (Å²) in [4.78, 5) is 33.2. The van der Waals surface area contributed by atoms with Crippen molar-refractivity contribution < 1.29 is 28.9 Å². The van der Waals surface area contributed by atoms with Gasteiger partial charge in [-0.15, -0.1) is 0 Å². The molecule has 4 aromatic carbocycles. The topological polar surface area (TPSA) is 113 Å². The number of aliphatic hydroxyl groups excluding tert-OH is 1. The summed E-state index contributed by atoms with van der Waals surface area (Å²) in [5.74, 6) is 0.993. The van der Waals surface area contributed by atoms with Crippen molar-refractivity contribution >= 4 is 47.4 Å². The van der Waals surface area contributed by atoms with Gasteiger partial charge in [-0.25, -0.2) is 0 Å². The lowest BCUT2D eigenvalue weighted by molar-refractivity contribution is -0.146. The number of anilines is 2. The first-order chi connectivity index (χ1) is 24.6. The molecule has 264 valence electrons. The number of aliphatic hydroxyl groups is 1. The molecule has 2 aliphatic rings. The minimum atomic E-state index is -2.31. The van der Waals surface area contributed by atoms with Crippen LogP contribution in [0.5, 0.6) is 11.5 Å². The molecule has 1 fully saturated rings. The third-order valence-corrected chi connectivity index (χ3v) is 15.4. The molecule has 0 saturated carbocycles. The van der Waals surface area contributed by atoms with Crippen LogP contribution in [0.2, 0.25) is 18.6 Å². The molecule has 51 heavy (non-hydrogen) atoms. The Morgan fingerprint density at radius 3 is 2.47 bits per heavy atom. The van der Waals surface area contributed by atoms with Crippen LogP contribution in [0.4, 0.5) is 11.4 Å². The van der Waals surface area contributed by atoms with Gasteiger partial charge in [-0.1, -0.05) is 67.7 Å². The largest absolute Gasteiger partial charge is 0.497 e. The summed E-state index contributed by atoms with van der Waals surface area (Å²) in [6.45, 7) is 7.03. The van der Waals surface area contributed by atoms with Gasteiger partial charge in [-0.05, 0) is 71.6 Å². The third kappa shape index (κ3) is 6.01. The second-order valence-electron chi connectivity index (χ2n) is 14.2. The van der Waals surface area contributed by atoms with Gasteiger partial charge in [0.25, 0.3) is 5.91 Å². The van der Waals surface area contributed by atoms with Crippen LogP contribution in [0.3, 0.4) is 0 Å². The Balaban J connectivity index is 1.19. The van der Waals surface area contributed by atoms with Crippen molar-refractivity contribution in [2.45, 2.75) is 56.7 Å². The monoisotopic (exact) mass is 703 g/mol. The number of ether oxygens (including phenoxy) is 3. The number of fused-ring (bicyclic) bond motifs is 3. The van der Waals surface area contributed by atoms with Crippen LogP contribution in [0.15, 0.2) is 97.2 Å². The fraction of sp³-hybridized carbons (Fsp3) is 0.317. The number of H-pyrrole nitrogens is 1. The van der Waals surface area contributed by atoms with Crippen molar-refractivity contribution in [1.82, 2.24) is 4.98 Å². The summed E-state index contributed by atoms with van der Waals surface area (Å²) in [5.41, 5.74) is 3.79. The molecule has 4 atom stereocenters. The van der Waals surface area contributed by atoms with E-state index in [1.807, 2.05) is 85.1 Å². The van der Waals surface area contributed by atoms with Gasteiger partial charge in [0.1, 0.15) is 11.5 Å². The van der Waals surface area contributed by atoms with E-state index in [0.717, 1.165) is 39.0 Å². The maximum Gasteiger partial charge on any atom is 0.264 e. The zero-order valence-corrected chi connectivity index (χ0v) is 30.7. The Bertz CT molecular complexity index is 2080. The third-order valence-electron chi connectivity index (χ3n) is 11.0. The number of hydrogen-bond acceptors (Lipinski definition) is 6. The molecule has 9 nitrogen and oxygen atoms in total. The maximum atomic E-state index is 15.0. The van der Waals surface area contributed by atoms with Crippen LogP contribution in [-0.4, -0.2) is 56.9 Å². The molecule has 10 heteroatoms. The SMILES string of the molecule is COc1ccc([Si](C)(C)[C@H]2[C@H](CCO)O[C@@]3(C(=O)N(Cc4cccc(NC(=O)Cc5c[nH]c6ccccc56)c4)c4ccc(OC)cc43)[C@@H]2C)cc1. The lowest BCUT2D eigenvalue weighted by atomic mass is 9.82. The summed E-state index contributed by atoms with van der Waals surface area (Å²) in [7, 11) is 0.976. The normalized spacial score (nSPS) is 21.3. The number of nitrogens with one attached hydrogen (secondary N) is 2. The van der Waals surface area contributed by atoms with E-state index >= 15 is 4.79 Å². The number of rotatable bonds is 11. The molecule has 2 aliphatic heterocycles. The number of carbonyl (C=O) groups is 2. The Morgan fingerprint density at radius 2 is 1.73 bits per heavy atom. The van der Waals surface area contributed by atoms with E-state index in [-0.39, 0.29) is 48.9 Å². The molecule has 0 unspecified atom stereocenters. The van der Waals surface area contributed by atoms with Gasteiger partial charge >= 0.3 is 0 Å². The van der Waals surface area contributed by atoms with Crippen LogP contribution in [0.25, 0.3) is 10.9 Å². The lowest BCUT2D eigenvalue weighted by Gasteiger charge is -2.37. The molecule has 0 radical (unpaired) electrons. The number of benzene rings is 4. The fourth-order valence-corrected chi connectivity index (χ4v) is 12.6. The zero-order chi connectivity index (χ0) is 35.9. The highest BCUT2D eigenvalue weighted by Gasteiger charge is 2.66. The van der Waals surface area contributed by atoms with Gasteiger partial charge in [0.05, 0.1) is 47.1 Å². The van der Waals surface area contributed by atoms with E-state index in [9.17, 15) is 9.90 Å². The van der Waals surface area contributed by atoms with Crippen LogP contribution >= 0.6 is 0 Å². The smallest absolute Gasteiger partial charge is 0.264 e. The van der Waals surface area contributed by atoms with E-state index in [1.165, 1.54) is 5.19 Å². The van der Waals surface area contributed by atoms with E-state index in [4.69, 9.17) is 14.2 Å². The summed E-state index contributed by atoms with van der Waals surface area (Å²) < 4.78 is 18.1. The molecule has 2 amide bonds. The molecular formula is C41H45N3O6Si. The highest BCUT2D eigenvalue weighted by atomic mass is 28.3. The van der Waals surface area contributed by atoms with Gasteiger partial charge in [0, 0.05) is 40.9 Å².